The number of hydrogen-bond acceptors (Lipinski definition) is 8. The summed E-state index contributed by atoms with van der Waals surface area (Å²) in [7, 11) is 0. The maximum atomic E-state index is 10.7. The van der Waals surface area contributed by atoms with Gasteiger partial charge in [0.2, 0.25) is 0 Å². The largest absolute Gasteiger partial charge is 2.00 e. The van der Waals surface area contributed by atoms with Gasteiger partial charge < -0.3 is 10.2 Å². The van der Waals surface area contributed by atoms with Crippen LogP contribution in [0.4, 0.5) is 11.4 Å². The second-order valence-electron chi connectivity index (χ2n) is 5.07. The van der Waals surface area contributed by atoms with Crippen LogP contribution in [-0.2, 0) is 16.8 Å². The van der Waals surface area contributed by atoms with Gasteiger partial charge in [-0.05, 0) is 12.1 Å². The van der Waals surface area contributed by atoms with Crippen molar-refractivity contribution in [3.63, 3.8) is 0 Å². The number of aliphatic imine (C=N–C) groups is 2. The molecule has 0 amide bonds. The third-order valence-electron chi connectivity index (χ3n) is 3.26. The van der Waals surface area contributed by atoms with Crippen LogP contribution in [0.5, 0.6) is 11.5 Å². The second-order valence-corrected chi connectivity index (χ2v) is 5.07. The summed E-state index contributed by atoms with van der Waals surface area (Å²) in [5.74, 6) is -0.270. The Hall–Kier alpha value is -3.31. The average Bonchev–Trinajstić information content (AvgIpc) is 2.60. The maximum Gasteiger partial charge on any atom is 2.00 e. The SMILES string of the molecule is O=[N+]([O-])c1ccc(O)c(C=NCCN=Cc2cc([N+](=O)[O-])ccc2O)c1.[Co+2]. The van der Waals surface area contributed by atoms with Crippen LogP contribution in [0.2, 0.25) is 0 Å². The van der Waals surface area contributed by atoms with Crippen LogP contribution in [0.3, 0.4) is 0 Å². The zero-order valence-corrected chi connectivity index (χ0v) is 14.7. The van der Waals surface area contributed by atoms with Crippen LogP contribution >= 0.6 is 0 Å². The van der Waals surface area contributed by atoms with E-state index in [9.17, 15) is 30.4 Å². The Kier molecular flexibility index (Phi) is 8.04. The van der Waals surface area contributed by atoms with E-state index in [0.29, 0.717) is 0 Å². The van der Waals surface area contributed by atoms with Crippen molar-refractivity contribution < 1.29 is 36.8 Å². The Bertz CT molecular complexity index is 827. The summed E-state index contributed by atoms with van der Waals surface area (Å²) >= 11 is 0. The predicted molar refractivity (Wildman–Crippen MR) is 94.4 cm³/mol. The quantitative estimate of drug-likeness (QED) is 0.306. The molecule has 27 heavy (non-hydrogen) atoms. The summed E-state index contributed by atoms with van der Waals surface area (Å²) in [5, 5.41) is 40.7. The van der Waals surface area contributed by atoms with Gasteiger partial charge in [-0.15, -0.1) is 0 Å². The number of benzene rings is 2. The van der Waals surface area contributed by atoms with Crippen LogP contribution in [0.25, 0.3) is 0 Å². The van der Waals surface area contributed by atoms with E-state index in [1.165, 1.54) is 48.8 Å². The number of nitrogens with zero attached hydrogens (tertiary/aromatic N) is 4. The van der Waals surface area contributed by atoms with Gasteiger partial charge in [0.1, 0.15) is 11.5 Å². The summed E-state index contributed by atoms with van der Waals surface area (Å²) in [6.07, 6.45) is 2.59. The minimum Gasteiger partial charge on any atom is -0.507 e. The Morgan fingerprint density at radius 2 is 1.19 bits per heavy atom. The van der Waals surface area contributed by atoms with Crippen molar-refractivity contribution in [3.8, 4) is 11.5 Å². The van der Waals surface area contributed by atoms with Crippen molar-refractivity contribution in [3.05, 3.63) is 67.8 Å². The first-order valence-corrected chi connectivity index (χ1v) is 7.33. The first kappa shape index (κ1) is 21.7. The number of nitro groups is 2. The summed E-state index contributed by atoms with van der Waals surface area (Å²) in [4.78, 5) is 28.3. The topological polar surface area (TPSA) is 151 Å². The van der Waals surface area contributed by atoms with E-state index in [2.05, 4.69) is 9.98 Å². The van der Waals surface area contributed by atoms with E-state index in [1.807, 2.05) is 0 Å². The molecule has 2 aromatic carbocycles. The molecule has 1 radical (unpaired) electrons. The summed E-state index contributed by atoms with van der Waals surface area (Å²) in [6, 6.07) is 7.18. The molecule has 0 saturated heterocycles. The van der Waals surface area contributed by atoms with E-state index in [-0.39, 0.29) is 63.9 Å². The zero-order chi connectivity index (χ0) is 19.1. The summed E-state index contributed by atoms with van der Waals surface area (Å²) < 4.78 is 0. The maximum absolute atomic E-state index is 10.7. The minimum absolute atomic E-state index is 0. The molecule has 141 valence electrons. The first-order valence-electron chi connectivity index (χ1n) is 7.33. The standard InChI is InChI=1S/C16H14N4O6.Co/c21-15-3-1-13(19(23)24)7-11(15)9-17-5-6-18-10-12-8-14(20(25)26)2-4-16(12)22;/h1-4,7-10,21-22H,5-6H2;/q;+2. The molecule has 0 aliphatic heterocycles. The van der Waals surface area contributed by atoms with E-state index < -0.39 is 9.85 Å². The fourth-order valence-corrected chi connectivity index (χ4v) is 1.96. The number of hydrogen-bond donors (Lipinski definition) is 2. The predicted octanol–water partition coefficient (Wildman–Crippen LogP) is 2.45. The zero-order valence-electron chi connectivity index (χ0n) is 13.7. The molecule has 0 saturated carbocycles. The van der Waals surface area contributed by atoms with Crippen molar-refractivity contribution in [2.75, 3.05) is 13.1 Å². The van der Waals surface area contributed by atoms with Crippen molar-refractivity contribution in [2.24, 2.45) is 9.98 Å². The van der Waals surface area contributed by atoms with Gasteiger partial charge in [0.05, 0.1) is 22.9 Å². The van der Waals surface area contributed by atoms with Crippen molar-refractivity contribution in [1.29, 1.82) is 0 Å². The van der Waals surface area contributed by atoms with Crippen molar-refractivity contribution >= 4 is 23.8 Å². The van der Waals surface area contributed by atoms with E-state index >= 15 is 0 Å². The van der Waals surface area contributed by atoms with Crippen LogP contribution in [0.1, 0.15) is 11.1 Å². The molecule has 0 aliphatic rings. The Balaban J connectivity index is 0.00000364. The molecule has 0 spiro atoms. The average molecular weight is 417 g/mol. The molecule has 0 unspecified atom stereocenters. The first-order chi connectivity index (χ1) is 12.4. The third kappa shape index (κ3) is 6.16. The Morgan fingerprint density at radius 3 is 1.52 bits per heavy atom. The summed E-state index contributed by atoms with van der Waals surface area (Å²) in [5.41, 5.74) is 0.0888. The van der Waals surface area contributed by atoms with Gasteiger partial charge in [-0.2, -0.15) is 0 Å². The molecule has 2 rings (SSSR count). The number of phenolic OH excluding ortho intramolecular Hbond substituents is 2. The smallest absolute Gasteiger partial charge is 0.507 e. The Labute approximate surface area is 163 Å². The van der Waals surface area contributed by atoms with E-state index in [0.717, 1.165) is 0 Å². The molecule has 11 heteroatoms. The molecule has 0 bridgehead atoms. The molecule has 0 fully saturated rings. The van der Waals surface area contributed by atoms with Gasteiger partial charge in [-0.25, -0.2) is 0 Å². The minimum atomic E-state index is -0.577. The van der Waals surface area contributed by atoms with E-state index in [4.69, 9.17) is 0 Å². The van der Waals surface area contributed by atoms with Crippen molar-refractivity contribution in [2.45, 2.75) is 0 Å². The molecule has 0 atom stereocenters. The van der Waals surface area contributed by atoms with Gasteiger partial charge >= 0.3 is 16.8 Å². The number of nitro benzene ring substituents is 2. The molecule has 0 aromatic heterocycles. The summed E-state index contributed by atoms with van der Waals surface area (Å²) in [6.45, 7) is 0.433. The molecule has 2 aromatic rings. The molecule has 10 nitrogen and oxygen atoms in total. The second kappa shape index (κ2) is 9.99. The number of aromatic hydroxyl groups is 2. The van der Waals surface area contributed by atoms with Crippen LogP contribution in [-0.4, -0.2) is 45.6 Å². The molecule has 0 aliphatic carbocycles. The number of rotatable bonds is 7. The third-order valence-corrected chi connectivity index (χ3v) is 3.26. The van der Waals surface area contributed by atoms with Crippen molar-refractivity contribution in [1.82, 2.24) is 0 Å². The molecule has 0 heterocycles. The van der Waals surface area contributed by atoms with Crippen LogP contribution in [0.15, 0.2) is 46.4 Å². The van der Waals surface area contributed by atoms with Crippen LogP contribution in [0, 0.1) is 20.2 Å². The fraction of sp³-hybridized carbons (Fsp3) is 0.125. The van der Waals surface area contributed by atoms with Crippen LogP contribution < -0.4 is 0 Å². The number of phenols is 2. The number of non-ortho nitro benzene ring substituents is 2. The van der Waals surface area contributed by atoms with Gasteiger partial charge in [0.25, 0.3) is 11.4 Å². The molecular weight excluding hydrogens is 403 g/mol. The Morgan fingerprint density at radius 1 is 0.815 bits per heavy atom. The van der Waals surface area contributed by atoms with Gasteiger partial charge in [0.15, 0.2) is 0 Å². The fourth-order valence-electron chi connectivity index (χ4n) is 1.96. The van der Waals surface area contributed by atoms with Gasteiger partial charge in [-0.1, -0.05) is 0 Å². The molecular formula is C16H14CoN4O6+2. The van der Waals surface area contributed by atoms with E-state index in [1.54, 1.807) is 0 Å². The normalized spacial score (nSPS) is 10.8. The molecule has 2 N–H and O–H groups in total. The monoisotopic (exact) mass is 417 g/mol. The van der Waals surface area contributed by atoms with Gasteiger partial charge in [0, 0.05) is 47.8 Å². The van der Waals surface area contributed by atoms with Gasteiger partial charge in [-0.3, -0.25) is 30.2 Å².